The normalized spacial score (nSPS) is 34.5. The van der Waals surface area contributed by atoms with Crippen molar-refractivity contribution < 1.29 is 19.1 Å². The number of hydrogen-bond donors (Lipinski definition) is 0. The van der Waals surface area contributed by atoms with Crippen molar-refractivity contribution in [3.8, 4) is 5.75 Å². The number of allylic oxidation sites excluding steroid dienone is 2. The third-order valence-corrected chi connectivity index (χ3v) is 6.86. The van der Waals surface area contributed by atoms with E-state index < -0.39 is 5.97 Å². The molecule has 6 heteroatoms. The minimum Gasteiger partial charge on any atom is -0.423 e. The summed E-state index contributed by atoms with van der Waals surface area (Å²) in [6.07, 6.45) is 6.99. The number of nitrogens with zero attached hydrogens (tertiary/aromatic N) is 2. The first-order chi connectivity index (χ1) is 13.6. The Kier molecular flexibility index (Phi) is 3.14. The van der Waals surface area contributed by atoms with Crippen molar-refractivity contribution in [3.63, 3.8) is 0 Å². The molecule has 2 amide bonds. The zero-order valence-corrected chi connectivity index (χ0v) is 15.0. The van der Waals surface area contributed by atoms with Gasteiger partial charge in [-0.3, -0.25) is 19.5 Å². The molecule has 2 saturated carbocycles. The van der Waals surface area contributed by atoms with Gasteiger partial charge in [-0.1, -0.05) is 30.4 Å². The molecule has 1 aliphatic heterocycles. The maximum atomic E-state index is 13.0. The van der Waals surface area contributed by atoms with E-state index in [9.17, 15) is 14.4 Å². The molecule has 0 unspecified atom stereocenters. The molecule has 28 heavy (non-hydrogen) atoms. The van der Waals surface area contributed by atoms with Crippen molar-refractivity contribution in [2.75, 3.05) is 6.54 Å². The highest BCUT2D eigenvalue weighted by Gasteiger charge is 2.67. The van der Waals surface area contributed by atoms with Crippen molar-refractivity contribution in [2.24, 2.45) is 35.5 Å². The van der Waals surface area contributed by atoms with Crippen molar-refractivity contribution in [1.82, 2.24) is 9.88 Å². The first kappa shape index (κ1) is 16.0. The van der Waals surface area contributed by atoms with Gasteiger partial charge in [0.15, 0.2) is 5.75 Å². The fourth-order valence-corrected chi connectivity index (χ4v) is 5.62. The van der Waals surface area contributed by atoms with Crippen molar-refractivity contribution >= 4 is 28.7 Å². The van der Waals surface area contributed by atoms with Gasteiger partial charge in [-0.2, -0.15) is 0 Å². The summed E-state index contributed by atoms with van der Waals surface area (Å²) >= 11 is 0. The fourth-order valence-electron chi connectivity index (χ4n) is 5.62. The molecule has 7 rings (SSSR count). The molecule has 140 valence electrons. The number of hydrogen-bond acceptors (Lipinski definition) is 5. The van der Waals surface area contributed by atoms with Crippen LogP contribution in [0, 0.1) is 35.5 Å². The second kappa shape index (κ2) is 5.50. The summed E-state index contributed by atoms with van der Waals surface area (Å²) in [6.45, 7) is -0.345. The summed E-state index contributed by atoms with van der Waals surface area (Å²) in [5.41, 5.74) is 0.577. The molecule has 0 spiro atoms. The lowest BCUT2D eigenvalue weighted by molar-refractivity contribution is -0.148. The van der Waals surface area contributed by atoms with E-state index in [-0.39, 0.29) is 42.0 Å². The number of ether oxygens (including phenoxy) is 1. The highest BCUT2D eigenvalue weighted by molar-refractivity contribution is 6.08. The minimum absolute atomic E-state index is 0.153. The van der Waals surface area contributed by atoms with E-state index in [1.807, 2.05) is 18.2 Å². The molecular weight excluding hydrogens is 356 g/mol. The molecule has 3 fully saturated rings. The molecular formula is C22H18N2O4. The van der Waals surface area contributed by atoms with E-state index in [1.54, 1.807) is 18.3 Å². The Hall–Kier alpha value is -3.02. The molecule has 0 radical (unpaired) electrons. The SMILES string of the molecule is O=C(CN1C(=O)[C@@H]2[C@@H]3C=C[C@H]([C@H]4C[C@H]34)[C@@H]2C1=O)Oc1cccc2cccnc12. The third kappa shape index (κ3) is 2.08. The van der Waals surface area contributed by atoms with Crippen LogP contribution in [0.5, 0.6) is 5.75 Å². The molecule has 6 atom stereocenters. The fraction of sp³-hybridized carbons (Fsp3) is 0.364. The molecule has 4 aliphatic carbocycles. The van der Waals surface area contributed by atoms with Gasteiger partial charge >= 0.3 is 5.97 Å². The lowest BCUT2D eigenvalue weighted by atomic mass is 9.63. The van der Waals surface area contributed by atoms with Gasteiger partial charge in [0.1, 0.15) is 12.1 Å². The molecule has 6 nitrogen and oxygen atoms in total. The van der Waals surface area contributed by atoms with E-state index in [0.29, 0.717) is 23.1 Å². The topological polar surface area (TPSA) is 76.6 Å². The van der Waals surface area contributed by atoms with Crippen LogP contribution in [-0.2, 0) is 14.4 Å². The zero-order valence-electron chi connectivity index (χ0n) is 15.0. The Morgan fingerprint density at radius 3 is 2.43 bits per heavy atom. The quantitative estimate of drug-likeness (QED) is 0.356. The van der Waals surface area contributed by atoms with Gasteiger partial charge in [-0.25, -0.2) is 4.79 Å². The second-order valence-corrected chi connectivity index (χ2v) is 8.22. The Bertz CT molecular complexity index is 1040. The van der Waals surface area contributed by atoms with Gasteiger partial charge in [0, 0.05) is 11.6 Å². The number of carbonyl (C=O) groups excluding carboxylic acids is 3. The third-order valence-electron chi connectivity index (χ3n) is 6.86. The molecule has 2 bridgehead atoms. The number of aromatic nitrogens is 1. The highest BCUT2D eigenvalue weighted by atomic mass is 16.5. The molecule has 2 aromatic rings. The number of esters is 1. The van der Waals surface area contributed by atoms with Crippen LogP contribution in [0.2, 0.25) is 0 Å². The average Bonchev–Trinajstić information content (AvgIpc) is 3.49. The average molecular weight is 374 g/mol. The van der Waals surface area contributed by atoms with Crippen LogP contribution >= 0.6 is 0 Å². The smallest absolute Gasteiger partial charge is 0.331 e. The van der Waals surface area contributed by atoms with E-state index in [2.05, 4.69) is 17.1 Å². The van der Waals surface area contributed by atoms with Gasteiger partial charge in [-0.05, 0) is 42.2 Å². The van der Waals surface area contributed by atoms with Gasteiger partial charge < -0.3 is 4.74 Å². The largest absolute Gasteiger partial charge is 0.423 e. The molecule has 1 aromatic heterocycles. The maximum Gasteiger partial charge on any atom is 0.331 e. The summed E-state index contributed by atoms with van der Waals surface area (Å²) in [4.78, 5) is 43.8. The lowest BCUT2D eigenvalue weighted by Gasteiger charge is -2.37. The van der Waals surface area contributed by atoms with Gasteiger partial charge in [0.2, 0.25) is 11.8 Å². The Morgan fingerprint density at radius 1 is 1.04 bits per heavy atom. The molecule has 0 N–H and O–H groups in total. The molecule has 2 heterocycles. The van der Waals surface area contributed by atoms with E-state index in [4.69, 9.17) is 4.74 Å². The second-order valence-electron chi connectivity index (χ2n) is 8.22. The number of benzene rings is 1. The van der Waals surface area contributed by atoms with Crippen LogP contribution in [0.1, 0.15) is 6.42 Å². The number of amides is 2. The maximum absolute atomic E-state index is 13.0. The highest BCUT2D eigenvalue weighted by Crippen LogP contribution is 2.65. The summed E-state index contributed by atoms with van der Waals surface area (Å²) in [7, 11) is 0. The standard InChI is InChI=1S/C22H18N2O4/c25-17(28-16-5-1-3-11-4-2-8-23-20(11)16)10-24-21(26)18-12-6-7-13(15-9-14(12)15)19(18)22(24)27/h1-8,12-15,18-19H,9-10H2/t12-,13-,14-,15-,18-,19+/m1/s1. The summed E-state index contributed by atoms with van der Waals surface area (Å²) in [5, 5.41) is 0.856. The molecule has 1 saturated heterocycles. The van der Waals surface area contributed by atoms with Crippen LogP contribution < -0.4 is 4.74 Å². The first-order valence-electron chi connectivity index (χ1n) is 9.71. The number of para-hydroxylation sites is 1. The van der Waals surface area contributed by atoms with E-state index in [1.165, 1.54) is 0 Å². The summed E-state index contributed by atoms with van der Waals surface area (Å²) in [6, 6.07) is 9.02. The van der Waals surface area contributed by atoms with Crippen molar-refractivity contribution in [1.29, 1.82) is 0 Å². The van der Waals surface area contributed by atoms with Crippen LogP contribution in [-0.4, -0.2) is 34.2 Å². The lowest BCUT2D eigenvalue weighted by Crippen LogP contribution is -2.40. The van der Waals surface area contributed by atoms with Crippen molar-refractivity contribution in [2.45, 2.75) is 6.42 Å². The van der Waals surface area contributed by atoms with Crippen molar-refractivity contribution in [3.05, 3.63) is 48.7 Å². The van der Waals surface area contributed by atoms with Gasteiger partial charge in [0.05, 0.1) is 11.8 Å². The minimum atomic E-state index is -0.621. The first-order valence-corrected chi connectivity index (χ1v) is 9.71. The van der Waals surface area contributed by atoms with E-state index >= 15 is 0 Å². The van der Waals surface area contributed by atoms with Gasteiger partial charge in [-0.15, -0.1) is 0 Å². The van der Waals surface area contributed by atoms with Crippen LogP contribution in [0.3, 0.4) is 0 Å². The van der Waals surface area contributed by atoms with E-state index in [0.717, 1.165) is 16.7 Å². The monoisotopic (exact) mass is 374 g/mol. The molecule has 1 aromatic carbocycles. The number of carbonyl (C=O) groups is 3. The van der Waals surface area contributed by atoms with Crippen LogP contribution in [0.25, 0.3) is 10.9 Å². The number of fused-ring (bicyclic) bond motifs is 1. The van der Waals surface area contributed by atoms with Crippen LogP contribution in [0.15, 0.2) is 48.7 Å². The van der Waals surface area contributed by atoms with Gasteiger partial charge in [0.25, 0.3) is 0 Å². The zero-order chi connectivity index (χ0) is 19.0. The predicted molar refractivity (Wildman–Crippen MR) is 98.8 cm³/mol. The summed E-state index contributed by atoms with van der Waals surface area (Å²) < 4.78 is 5.48. The number of rotatable bonds is 3. The Labute approximate surface area is 161 Å². The summed E-state index contributed by atoms with van der Waals surface area (Å²) in [5.74, 6) is 0.0892. The number of likely N-dealkylation sites (tertiary alicyclic amines) is 1. The predicted octanol–water partition coefficient (Wildman–Crippen LogP) is 2.19. The Morgan fingerprint density at radius 2 is 1.71 bits per heavy atom. The Balaban J connectivity index is 1.23. The number of imide groups is 1. The molecule has 5 aliphatic rings. The number of pyridine rings is 1. The van der Waals surface area contributed by atoms with Crippen LogP contribution in [0.4, 0.5) is 0 Å².